The fraction of sp³-hybridized carbons (Fsp3) is 0.846. The summed E-state index contributed by atoms with van der Waals surface area (Å²) < 4.78 is 0. The molecule has 18 heavy (non-hydrogen) atoms. The van der Waals surface area contributed by atoms with Crippen LogP contribution in [0.25, 0.3) is 0 Å². The molecule has 5 heteroatoms. The lowest BCUT2D eigenvalue weighted by molar-refractivity contribution is -0.143. The summed E-state index contributed by atoms with van der Waals surface area (Å²) >= 11 is 0. The van der Waals surface area contributed by atoms with Gasteiger partial charge < -0.3 is 16.2 Å². The number of amides is 1. The van der Waals surface area contributed by atoms with Crippen LogP contribution >= 0.6 is 0 Å². The van der Waals surface area contributed by atoms with Crippen LogP contribution in [0.3, 0.4) is 0 Å². The van der Waals surface area contributed by atoms with E-state index in [2.05, 4.69) is 5.32 Å². The second-order valence-electron chi connectivity index (χ2n) is 6.27. The number of carboxylic acids is 1. The summed E-state index contributed by atoms with van der Waals surface area (Å²) in [5, 5.41) is 11.6. The van der Waals surface area contributed by atoms with Gasteiger partial charge in [0.15, 0.2) is 0 Å². The van der Waals surface area contributed by atoms with Gasteiger partial charge in [0, 0.05) is 6.54 Å². The van der Waals surface area contributed by atoms with E-state index < -0.39 is 12.0 Å². The minimum Gasteiger partial charge on any atom is -0.480 e. The summed E-state index contributed by atoms with van der Waals surface area (Å²) in [4.78, 5) is 23.0. The number of hydrogen-bond donors (Lipinski definition) is 3. The smallest absolute Gasteiger partial charge is 0.326 e. The van der Waals surface area contributed by atoms with Gasteiger partial charge in [-0.15, -0.1) is 0 Å². The minimum atomic E-state index is -1.01. The van der Waals surface area contributed by atoms with Gasteiger partial charge in [-0.3, -0.25) is 4.79 Å². The van der Waals surface area contributed by atoms with Crippen molar-refractivity contribution in [2.45, 2.75) is 47.1 Å². The normalized spacial score (nSPS) is 15.3. The van der Waals surface area contributed by atoms with Gasteiger partial charge in [-0.2, -0.15) is 0 Å². The Labute approximate surface area is 109 Å². The predicted octanol–water partition coefficient (Wildman–Crippen LogP) is 1.22. The van der Waals surface area contributed by atoms with Crippen LogP contribution in [0.4, 0.5) is 0 Å². The highest BCUT2D eigenvalue weighted by Crippen LogP contribution is 2.24. The first kappa shape index (κ1) is 16.9. The number of carbonyl (C=O) groups excluding carboxylic acids is 1. The number of hydrogen-bond acceptors (Lipinski definition) is 3. The Kier molecular flexibility index (Phi) is 6.32. The summed E-state index contributed by atoms with van der Waals surface area (Å²) in [5.74, 6) is -1.77. The standard InChI is InChI=1S/C13H26N2O3/c1-8(2)10(12(17)18)15-11(16)9(7-14)6-13(3,4)5/h8-10H,6-7,14H2,1-5H3,(H,15,16)(H,17,18)/t9?,10-/m0/s1. The molecule has 0 rings (SSSR count). The maximum atomic E-state index is 12.0. The molecule has 0 aliphatic heterocycles. The van der Waals surface area contributed by atoms with Crippen molar-refractivity contribution in [2.24, 2.45) is 23.0 Å². The number of nitrogens with two attached hydrogens (primary N) is 1. The summed E-state index contributed by atoms with van der Waals surface area (Å²) in [6.45, 7) is 9.84. The van der Waals surface area contributed by atoms with Gasteiger partial charge in [0.2, 0.25) is 5.91 Å². The van der Waals surface area contributed by atoms with Gasteiger partial charge in [0.25, 0.3) is 0 Å². The van der Waals surface area contributed by atoms with Gasteiger partial charge in [0.05, 0.1) is 5.92 Å². The van der Waals surface area contributed by atoms with Crippen LogP contribution in [-0.4, -0.2) is 29.6 Å². The third kappa shape index (κ3) is 6.00. The Balaban J connectivity index is 4.65. The molecule has 0 saturated heterocycles. The molecule has 0 aromatic rings. The van der Waals surface area contributed by atoms with Crippen molar-refractivity contribution in [3.8, 4) is 0 Å². The first-order valence-corrected chi connectivity index (χ1v) is 6.31. The summed E-state index contributed by atoms with van der Waals surface area (Å²) in [7, 11) is 0. The van der Waals surface area contributed by atoms with Gasteiger partial charge in [-0.05, 0) is 17.8 Å². The van der Waals surface area contributed by atoms with E-state index in [-0.39, 0.29) is 29.7 Å². The Morgan fingerprint density at radius 2 is 1.78 bits per heavy atom. The molecule has 5 nitrogen and oxygen atoms in total. The van der Waals surface area contributed by atoms with E-state index in [1.807, 2.05) is 20.8 Å². The van der Waals surface area contributed by atoms with Crippen LogP contribution in [0.1, 0.15) is 41.0 Å². The first-order chi connectivity index (χ1) is 8.08. The van der Waals surface area contributed by atoms with Crippen molar-refractivity contribution >= 4 is 11.9 Å². The predicted molar refractivity (Wildman–Crippen MR) is 71.0 cm³/mol. The molecule has 0 fully saturated rings. The molecule has 2 atom stereocenters. The van der Waals surface area contributed by atoms with Crippen molar-refractivity contribution in [1.29, 1.82) is 0 Å². The van der Waals surface area contributed by atoms with E-state index in [0.29, 0.717) is 6.42 Å². The molecule has 4 N–H and O–H groups in total. The topological polar surface area (TPSA) is 92.4 Å². The van der Waals surface area contributed by atoms with Crippen LogP contribution < -0.4 is 11.1 Å². The zero-order chi connectivity index (χ0) is 14.5. The molecule has 0 saturated carbocycles. The van der Waals surface area contributed by atoms with Crippen molar-refractivity contribution in [1.82, 2.24) is 5.32 Å². The Morgan fingerprint density at radius 1 is 1.28 bits per heavy atom. The lowest BCUT2D eigenvalue weighted by atomic mass is 9.84. The molecule has 0 radical (unpaired) electrons. The Hall–Kier alpha value is -1.10. The second kappa shape index (κ2) is 6.73. The van der Waals surface area contributed by atoms with Gasteiger partial charge >= 0.3 is 5.97 Å². The Morgan fingerprint density at radius 3 is 2.06 bits per heavy atom. The van der Waals surface area contributed by atoms with Gasteiger partial charge in [-0.1, -0.05) is 34.6 Å². The van der Waals surface area contributed by atoms with Crippen molar-refractivity contribution < 1.29 is 14.7 Å². The molecular weight excluding hydrogens is 232 g/mol. The zero-order valence-electron chi connectivity index (χ0n) is 12.0. The zero-order valence-corrected chi connectivity index (χ0v) is 12.0. The molecular formula is C13H26N2O3. The minimum absolute atomic E-state index is 0.0159. The van der Waals surface area contributed by atoms with Crippen LogP contribution in [0.15, 0.2) is 0 Å². The van der Waals surface area contributed by atoms with E-state index in [1.165, 1.54) is 0 Å². The number of nitrogens with one attached hydrogen (secondary N) is 1. The van der Waals surface area contributed by atoms with Crippen molar-refractivity contribution in [3.63, 3.8) is 0 Å². The van der Waals surface area contributed by atoms with Crippen LogP contribution in [0, 0.1) is 17.3 Å². The summed E-state index contributed by atoms with van der Waals surface area (Å²) in [6.07, 6.45) is 0.639. The Bertz CT molecular complexity index is 295. The molecule has 1 unspecified atom stereocenters. The van der Waals surface area contributed by atoms with E-state index >= 15 is 0 Å². The highest BCUT2D eigenvalue weighted by atomic mass is 16.4. The lowest BCUT2D eigenvalue weighted by Crippen LogP contribution is -2.48. The SMILES string of the molecule is CC(C)[C@H](NC(=O)C(CN)CC(C)(C)C)C(=O)O. The molecule has 0 aliphatic carbocycles. The second-order valence-corrected chi connectivity index (χ2v) is 6.27. The van der Waals surface area contributed by atoms with Gasteiger partial charge in [0.1, 0.15) is 6.04 Å². The highest BCUT2D eigenvalue weighted by molar-refractivity contribution is 5.85. The first-order valence-electron chi connectivity index (χ1n) is 6.31. The number of aliphatic carboxylic acids is 1. The molecule has 0 spiro atoms. The third-order valence-electron chi connectivity index (χ3n) is 2.74. The van der Waals surface area contributed by atoms with E-state index in [9.17, 15) is 9.59 Å². The largest absolute Gasteiger partial charge is 0.480 e. The average Bonchev–Trinajstić information content (AvgIpc) is 2.19. The number of carbonyl (C=O) groups is 2. The number of rotatable bonds is 6. The van der Waals surface area contributed by atoms with E-state index in [0.717, 1.165) is 0 Å². The molecule has 1 amide bonds. The number of carboxylic acid groups (broad SMARTS) is 1. The molecule has 0 aromatic carbocycles. The molecule has 0 bridgehead atoms. The monoisotopic (exact) mass is 258 g/mol. The third-order valence-corrected chi connectivity index (χ3v) is 2.74. The quantitative estimate of drug-likeness (QED) is 0.668. The van der Waals surface area contributed by atoms with Crippen molar-refractivity contribution in [2.75, 3.05) is 6.54 Å². The maximum absolute atomic E-state index is 12.0. The van der Waals surface area contributed by atoms with E-state index in [4.69, 9.17) is 10.8 Å². The van der Waals surface area contributed by atoms with E-state index in [1.54, 1.807) is 13.8 Å². The van der Waals surface area contributed by atoms with Crippen LogP contribution in [0.2, 0.25) is 0 Å². The fourth-order valence-corrected chi connectivity index (χ4v) is 1.81. The summed E-state index contributed by atoms with van der Waals surface area (Å²) in [5.41, 5.74) is 5.58. The fourth-order valence-electron chi connectivity index (χ4n) is 1.81. The molecule has 0 aliphatic rings. The molecule has 0 aromatic heterocycles. The van der Waals surface area contributed by atoms with Gasteiger partial charge in [-0.25, -0.2) is 4.79 Å². The lowest BCUT2D eigenvalue weighted by Gasteiger charge is -2.26. The highest BCUT2D eigenvalue weighted by Gasteiger charge is 2.29. The van der Waals surface area contributed by atoms with Crippen LogP contribution in [0.5, 0.6) is 0 Å². The van der Waals surface area contributed by atoms with Crippen LogP contribution in [-0.2, 0) is 9.59 Å². The summed E-state index contributed by atoms with van der Waals surface area (Å²) in [6, 6.07) is -0.855. The maximum Gasteiger partial charge on any atom is 0.326 e. The molecule has 106 valence electrons. The molecule has 0 heterocycles. The van der Waals surface area contributed by atoms with Crippen molar-refractivity contribution in [3.05, 3.63) is 0 Å². The average molecular weight is 258 g/mol.